The summed E-state index contributed by atoms with van der Waals surface area (Å²) in [5, 5.41) is 7.70. The molecule has 0 aliphatic heterocycles. The van der Waals surface area contributed by atoms with Gasteiger partial charge in [-0.25, -0.2) is 0 Å². The third-order valence-corrected chi connectivity index (χ3v) is 2.85. The van der Waals surface area contributed by atoms with E-state index < -0.39 is 0 Å². The predicted octanol–water partition coefficient (Wildman–Crippen LogP) is 2.28. The summed E-state index contributed by atoms with van der Waals surface area (Å²) in [5.74, 6) is 0. The van der Waals surface area contributed by atoms with E-state index in [1.807, 2.05) is 14.0 Å². The molecule has 3 heteroatoms. The Morgan fingerprint density at radius 2 is 2.13 bits per heavy atom. The molecule has 86 valence electrons. The first-order valence-electron chi connectivity index (χ1n) is 5.82. The normalized spacial score (nSPS) is 13.1. The summed E-state index contributed by atoms with van der Waals surface area (Å²) in [4.78, 5) is 0. The molecule has 1 aromatic heterocycles. The first-order chi connectivity index (χ1) is 7.13. The van der Waals surface area contributed by atoms with Gasteiger partial charge >= 0.3 is 0 Å². The third kappa shape index (κ3) is 4.04. The number of aromatic nitrogens is 2. The quantitative estimate of drug-likeness (QED) is 0.728. The van der Waals surface area contributed by atoms with E-state index in [-0.39, 0.29) is 0 Å². The number of aryl methyl sites for hydroxylation is 3. The van der Waals surface area contributed by atoms with Gasteiger partial charge in [0.15, 0.2) is 0 Å². The monoisotopic (exact) mass is 209 g/mol. The molecular formula is C12H23N3. The molecule has 15 heavy (non-hydrogen) atoms. The fraction of sp³-hybridized carbons (Fsp3) is 0.750. The Labute approximate surface area is 92.9 Å². The summed E-state index contributed by atoms with van der Waals surface area (Å²) in [5.41, 5.74) is 2.39. The van der Waals surface area contributed by atoms with Gasteiger partial charge in [-0.1, -0.05) is 6.42 Å². The van der Waals surface area contributed by atoms with Gasteiger partial charge in [-0.3, -0.25) is 4.68 Å². The summed E-state index contributed by atoms with van der Waals surface area (Å²) >= 11 is 0. The summed E-state index contributed by atoms with van der Waals surface area (Å²) < 4.78 is 2.11. The minimum Gasteiger partial charge on any atom is -0.317 e. The van der Waals surface area contributed by atoms with Crippen molar-refractivity contribution in [1.29, 1.82) is 0 Å². The van der Waals surface area contributed by atoms with Crippen molar-refractivity contribution in [2.75, 3.05) is 7.05 Å². The highest BCUT2D eigenvalue weighted by molar-refractivity contribution is 5.06. The molecule has 0 bridgehead atoms. The molecule has 0 fully saturated rings. The van der Waals surface area contributed by atoms with Gasteiger partial charge in [0, 0.05) is 18.3 Å². The molecule has 0 aliphatic rings. The van der Waals surface area contributed by atoms with Gasteiger partial charge in [-0.15, -0.1) is 0 Å². The zero-order chi connectivity index (χ0) is 11.3. The van der Waals surface area contributed by atoms with E-state index in [0.29, 0.717) is 6.04 Å². The standard InChI is InChI=1S/C12H23N3/c1-10(13-4)7-5-6-8-15-12(3)9-11(2)14-15/h9-10,13H,5-8H2,1-4H3. The fourth-order valence-corrected chi connectivity index (χ4v) is 1.76. The second-order valence-corrected chi connectivity index (χ2v) is 4.34. The molecular weight excluding hydrogens is 186 g/mol. The second kappa shape index (κ2) is 5.91. The highest BCUT2D eigenvalue weighted by atomic mass is 15.3. The van der Waals surface area contributed by atoms with Crippen LogP contribution in [0.2, 0.25) is 0 Å². The predicted molar refractivity (Wildman–Crippen MR) is 64.1 cm³/mol. The van der Waals surface area contributed by atoms with Crippen LogP contribution in [0.4, 0.5) is 0 Å². The van der Waals surface area contributed by atoms with Crippen LogP contribution in [-0.2, 0) is 6.54 Å². The van der Waals surface area contributed by atoms with Crippen molar-refractivity contribution in [2.45, 2.75) is 52.6 Å². The highest BCUT2D eigenvalue weighted by Crippen LogP contribution is 2.06. The Kier molecular flexibility index (Phi) is 4.82. The van der Waals surface area contributed by atoms with Crippen LogP contribution in [0.5, 0.6) is 0 Å². The van der Waals surface area contributed by atoms with Gasteiger partial charge in [0.25, 0.3) is 0 Å². The van der Waals surface area contributed by atoms with E-state index in [2.05, 4.69) is 35.0 Å². The topological polar surface area (TPSA) is 29.9 Å². The Balaban J connectivity index is 2.23. The summed E-state index contributed by atoms with van der Waals surface area (Å²) in [6.07, 6.45) is 3.73. The Hall–Kier alpha value is -0.830. The minimum atomic E-state index is 0.630. The van der Waals surface area contributed by atoms with E-state index in [9.17, 15) is 0 Å². The van der Waals surface area contributed by atoms with Gasteiger partial charge in [-0.05, 0) is 46.7 Å². The first-order valence-corrected chi connectivity index (χ1v) is 5.82. The molecule has 3 nitrogen and oxygen atoms in total. The Bertz CT molecular complexity index is 291. The summed E-state index contributed by atoms with van der Waals surface area (Å²) in [6.45, 7) is 7.45. The lowest BCUT2D eigenvalue weighted by Crippen LogP contribution is -2.20. The van der Waals surface area contributed by atoms with Gasteiger partial charge in [0.2, 0.25) is 0 Å². The largest absolute Gasteiger partial charge is 0.317 e. The van der Waals surface area contributed by atoms with E-state index in [4.69, 9.17) is 0 Å². The number of rotatable bonds is 6. The summed E-state index contributed by atoms with van der Waals surface area (Å²) in [7, 11) is 2.02. The maximum atomic E-state index is 4.45. The zero-order valence-corrected chi connectivity index (χ0v) is 10.4. The lowest BCUT2D eigenvalue weighted by atomic mass is 10.1. The third-order valence-electron chi connectivity index (χ3n) is 2.85. The van der Waals surface area contributed by atoms with Crippen molar-refractivity contribution in [3.63, 3.8) is 0 Å². The van der Waals surface area contributed by atoms with Crippen molar-refractivity contribution < 1.29 is 0 Å². The van der Waals surface area contributed by atoms with Crippen molar-refractivity contribution >= 4 is 0 Å². The number of hydrogen-bond donors (Lipinski definition) is 1. The molecule has 0 aromatic carbocycles. The van der Waals surface area contributed by atoms with Crippen LogP contribution >= 0.6 is 0 Å². The zero-order valence-electron chi connectivity index (χ0n) is 10.4. The van der Waals surface area contributed by atoms with Crippen molar-refractivity contribution in [3.8, 4) is 0 Å². The van der Waals surface area contributed by atoms with Gasteiger partial charge < -0.3 is 5.32 Å². The molecule has 0 aliphatic carbocycles. The van der Waals surface area contributed by atoms with Crippen LogP contribution in [-0.4, -0.2) is 22.9 Å². The molecule has 1 unspecified atom stereocenters. The van der Waals surface area contributed by atoms with Crippen molar-refractivity contribution in [2.24, 2.45) is 0 Å². The van der Waals surface area contributed by atoms with Crippen LogP contribution in [0.25, 0.3) is 0 Å². The summed E-state index contributed by atoms with van der Waals surface area (Å²) in [6, 6.07) is 2.77. The van der Waals surface area contributed by atoms with Gasteiger partial charge in [0.05, 0.1) is 5.69 Å². The molecule has 0 radical (unpaired) electrons. The molecule has 1 aromatic rings. The number of nitrogens with zero attached hydrogens (tertiary/aromatic N) is 2. The lowest BCUT2D eigenvalue weighted by molar-refractivity contribution is 0.485. The Morgan fingerprint density at radius 1 is 1.40 bits per heavy atom. The lowest BCUT2D eigenvalue weighted by Gasteiger charge is -2.09. The van der Waals surface area contributed by atoms with Crippen LogP contribution in [0.3, 0.4) is 0 Å². The maximum Gasteiger partial charge on any atom is 0.0596 e. The smallest absolute Gasteiger partial charge is 0.0596 e. The SMILES string of the molecule is CNC(C)CCCCn1nc(C)cc1C. The molecule has 1 atom stereocenters. The molecule has 0 saturated carbocycles. The minimum absolute atomic E-state index is 0.630. The van der Waals surface area contributed by atoms with Crippen LogP contribution in [0, 0.1) is 13.8 Å². The maximum absolute atomic E-state index is 4.45. The van der Waals surface area contributed by atoms with E-state index >= 15 is 0 Å². The van der Waals surface area contributed by atoms with E-state index in [1.165, 1.54) is 25.0 Å². The molecule has 1 heterocycles. The number of hydrogen-bond acceptors (Lipinski definition) is 2. The van der Waals surface area contributed by atoms with Crippen LogP contribution < -0.4 is 5.32 Å². The van der Waals surface area contributed by atoms with Gasteiger partial charge in [0.1, 0.15) is 0 Å². The second-order valence-electron chi connectivity index (χ2n) is 4.34. The van der Waals surface area contributed by atoms with E-state index in [0.717, 1.165) is 12.2 Å². The van der Waals surface area contributed by atoms with Crippen LogP contribution in [0.1, 0.15) is 37.6 Å². The average molecular weight is 209 g/mol. The highest BCUT2D eigenvalue weighted by Gasteiger charge is 2.01. The first kappa shape index (κ1) is 12.2. The fourth-order valence-electron chi connectivity index (χ4n) is 1.76. The molecule has 0 amide bonds. The van der Waals surface area contributed by atoms with Crippen molar-refractivity contribution in [3.05, 3.63) is 17.5 Å². The van der Waals surface area contributed by atoms with Crippen molar-refractivity contribution in [1.82, 2.24) is 15.1 Å². The molecule has 0 spiro atoms. The van der Waals surface area contributed by atoms with E-state index in [1.54, 1.807) is 0 Å². The number of nitrogens with one attached hydrogen (secondary N) is 1. The number of unbranched alkanes of at least 4 members (excludes halogenated alkanes) is 1. The molecule has 1 rings (SSSR count). The Morgan fingerprint density at radius 3 is 2.67 bits per heavy atom. The van der Waals surface area contributed by atoms with Gasteiger partial charge in [-0.2, -0.15) is 5.10 Å². The average Bonchev–Trinajstić information content (AvgIpc) is 2.52. The van der Waals surface area contributed by atoms with Crippen LogP contribution in [0.15, 0.2) is 6.07 Å². The molecule has 1 N–H and O–H groups in total. The molecule has 0 saturated heterocycles.